The molecule has 0 saturated carbocycles. The maximum atomic E-state index is 12.7. The quantitative estimate of drug-likeness (QED) is 0.413. The lowest BCUT2D eigenvalue weighted by molar-refractivity contribution is -0.121. The molecule has 0 radical (unpaired) electrons. The van der Waals surface area contributed by atoms with Crippen molar-refractivity contribution < 1.29 is 4.79 Å². The van der Waals surface area contributed by atoms with Gasteiger partial charge in [0.2, 0.25) is 5.91 Å². The van der Waals surface area contributed by atoms with E-state index in [4.69, 9.17) is 0 Å². The second-order valence-electron chi connectivity index (χ2n) is 9.94. The summed E-state index contributed by atoms with van der Waals surface area (Å²) in [7, 11) is 4.41. The van der Waals surface area contributed by atoms with E-state index in [-0.39, 0.29) is 17.4 Å². The number of benzene rings is 2. The van der Waals surface area contributed by atoms with Crippen molar-refractivity contribution in [2.24, 2.45) is 0 Å². The van der Waals surface area contributed by atoms with Gasteiger partial charge in [-0.3, -0.25) is 9.69 Å². The van der Waals surface area contributed by atoms with Crippen molar-refractivity contribution in [2.75, 3.05) is 40.3 Å². The Kier molecular flexibility index (Phi) is 8.07. The summed E-state index contributed by atoms with van der Waals surface area (Å²) < 4.78 is 0. The summed E-state index contributed by atoms with van der Waals surface area (Å²) >= 11 is 0. The predicted octanol–water partition coefficient (Wildman–Crippen LogP) is 5.11. The number of para-hydroxylation sites is 1. The summed E-state index contributed by atoms with van der Waals surface area (Å²) in [6, 6.07) is 19.3. The molecule has 1 amide bonds. The number of carbonyl (C=O) groups is 1. The molecule has 182 valence electrons. The molecule has 2 N–H and O–H groups in total. The van der Waals surface area contributed by atoms with Crippen LogP contribution in [0, 0.1) is 0 Å². The number of likely N-dealkylation sites (tertiary alicyclic amines) is 1. The van der Waals surface area contributed by atoms with E-state index in [0.29, 0.717) is 6.42 Å². The molecule has 5 nitrogen and oxygen atoms in total. The molecule has 1 aliphatic rings. The lowest BCUT2D eigenvalue weighted by atomic mass is 9.80. The van der Waals surface area contributed by atoms with Gasteiger partial charge in [0, 0.05) is 48.7 Å². The molecule has 1 fully saturated rings. The second-order valence-corrected chi connectivity index (χ2v) is 9.94. The molecule has 2 heterocycles. The molecular formula is C29H40N4O. The van der Waals surface area contributed by atoms with Crippen molar-refractivity contribution in [1.29, 1.82) is 0 Å². The van der Waals surface area contributed by atoms with Gasteiger partial charge in [0.05, 0.1) is 0 Å². The van der Waals surface area contributed by atoms with Crippen molar-refractivity contribution in [3.8, 4) is 0 Å². The topological polar surface area (TPSA) is 51.4 Å². The first-order valence-electron chi connectivity index (χ1n) is 12.8. The van der Waals surface area contributed by atoms with Crippen LogP contribution in [0.2, 0.25) is 0 Å². The Balaban J connectivity index is 1.21. The summed E-state index contributed by atoms with van der Waals surface area (Å²) in [4.78, 5) is 21.0. The van der Waals surface area contributed by atoms with Gasteiger partial charge in [0.15, 0.2) is 0 Å². The Labute approximate surface area is 204 Å². The Bertz CT molecular complexity index is 1050. The van der Waals surface area contributed by atoms with E-state index in [1.807, 2.05) is 6.07 Å². The van der Waals surface area contributed by atoms with Crippen LogP contribution in [0.15, 0.2) is 60.8 Å². The van der Waals surface area contributed by atoms with Gasteiger partial charge >= 0.3 is 0 Å². The fourth-order valence-corrected chi connectivity index (χ4v) is 5.62. The Morgan fingerprint density at radius 3 is 2.50 bits per heavy atom. The van der Waals surface area contributed by atoms with Gasteiger partial charge < -0.3 is 15.2 Å². The van der Waals surface area contributed by atoms with Gasteiger partial charge in [-0.15, -0.1) is 0 Å². The first-order valence-corrected chi connectivity index (χ1v) is 12.8. The number of hydrogen-bond acceptors (Lipinski definition) is 3. The van der Waals surface area contributed by atoms with E-state index in [2.05, 4.69) is 95.8 Å². The number of aromatic nitrogens is 1. The Morgan fingerprint density at radius 2 is 1.79 bits per heavy atom. The smallest absolute Gasteiger partial charge is 0.220 e. The first-order chi connectivity index (χ1) is 16.5. The highest BCUT2D eigenvalue weighted by molar-refractivity contribution is 5.85. The molecule has 1 aromatic heterocycles. The van der Waals surface area contributed by atoms with Crippen molar-refractivity contribution in [1.82, 2.24) is 20.1 Å². The molecule has 5 heteroatoms. The van der Waals surface area contributed by atoms with Crippen LogP contribution in [0.1, 0.15) is 56.1 Å². The fourth-order valence-electron chi connectivity index (χ4n) is 5.62. The molecule has 4 rings (SSSR count). The molecule has 1 atom stereocenters. The molecule has 0 aliphatic carbocycles. The van der Waals surface area contributed by atoms with Crippen molar-refractivity contribution in [3.05, 3.63) is 71.9 Å². The number of nitrogens with one attached hydrogen (secondary N) is 2. The van der Waals surface area contributed by atoms with Crippen LogP contribution in [0.5, 0.6) is 0 Å². The third kappa shape index (κ3) is 5.37. The predicted molar refractivity (Wildman–Crippen MR) is 141 cm³/mol. The van der Waals surface area contributed by atoms with Crippen LogP contribution in [0.4, 0.5) is 0 Å². The number of rotatable bonds is 10. The SMILES string of the molecule is CCC(CC(=O)NCCCN1CCC(c2ccccc2)(N(C)C)CC1)c1c[nH]c2ccccc12. The van der Waals surface area contributed by atoms with Gasteiger partial charge in [-0.1, -0.05) is 55.5 Å². The third-order valence-electron chi connectivity index (χ3n) is 7.81. The molecule has 2 aromatic carbocycles. The number of fused-ring (bicyclic) bond motifs is 1. The van der Waals surface area contributed by atoms with Crippen molar-refractivity contribution in [2.45, 2.75) is 50.5 Å². The minimum Gasteiger partial charge on any atom is -0.361 e. The molecule has 34 heavy (non-hydrogen) atoms. The summed E-state index contributed by atoms with van der Waals surface area (Å²) in [5.74, 6) is 0.405. The highest BCUT2D eigenvalue weighted by Crippen LogP contribution is 2.37. The van der Waals surface area contributed by atoms with E-state index >= 15 is 0 Å². The van der Waals surface area contributed by atoms with Crippen LogP contribution in [0.25, 0.3) is 10.9 Å². The standard InChI is InChI=1S/C29H40N4O/c1-4-23(26-22-31-27-14-9-8-13-25(26)27)21-28(34)30-17-10-18-33-19-15-29(16-20-33,32(2)3)24-11-6-5-7-12-24/h5-9,11-14,22-23,31H,4,10,15-21H2,1-3H3,(H,30,34). The molecule has 0 spiro atoms. The average Bonchev–Trinajstić information content (AvgIpc) is 3.30. The lowest BCUT2D eigenvalue weighted by Gasteiger charge is -2.46. The number of hydrogen-bond donors (Lipinski definition) is 2. The van der Waals surface area contributed by atoms with Crippen LogP contribution in [-0.4, -0.2) is 61.0 Å². The number of H-pyrrole nitrogens is 1. The highest BCUT2D eigenvalue weighted by Gasteiger charge is 2.37. The van der Waals surface area contributed by atoms with Crippen molar-refractivity contribution >= 4 is 16.8 Å². The van der Waals surface area contributed by atoms with E-state index in [1.165, 1.54) is 16.5 Å². The maximum absolute atomic E-state index is 12.7. The summed E-state index contributed by atoms with van der Waals surface area (Å²) in [5.41, 5.74) is 3.95. The Hall–Kier alpha value is -2.63. The third-order valence-corrected chi connectivity index (χ3v) is 7.81. The molecule has 1 unspecified atom stereocenters. The monoisotopic (exact) mass is 460 g/mol. The molecule has 0 bridgehead atoms. The van der Waals surface area contributed by atoms with Crippen LogP contribution >= 0.6 is 0 Å². The zero-order valence-electron chi connectivity index (χ0n) is 21.0. The van der Waals surface area contributed by atoms with Crippen LogP contribution < -0.4 is 5.32 Å². The average molecular weight is 461 g/mol. The summed E-state index contributed by atoms with van der Waals surface area (Å²) in [6.45, 7) is 6.15. The largest absolute Gasteiger partial charge is 0.361 e. The lowest BCUT2D eigenvalue weighted by Crippen LogP contribution is -2.50. The summed E-state index contributed by atoms with van der Waals surface area (Å²) in [6.07, 6.45) is 6.85. The van der Waals surface area contributed by atoms with E-state index in [0.717, 1.165) is 57.4 Å². The number of piperidine rings is 1. The Morgan fingerprint density at radius 1 is 1.09 bits per heavy atom. The van der Waals surface area contributed by atoms with E-state index in [9.17, 15) is 4.79 Å². The number of aromatic amines is 1. The second kappa shape index (κ2) is 11.2. The molecule has 1 saturated heterocycles. The van der Waals surface area contributed by atoms with Gasteiger partial charge in [-0.05, 0) is 69.4 Å². The van der Waals surface area contributed by atoms with Gasteiger partial charge in [0.25, 0.3) is 0 Å². The van der Waals surface area contributed by atoms with Gasteiger partial charge in [-0.2, -0.15) is 0 Å². The maximum Gasteiger partial charge on any atom is 0.220 e. The number of nitrogens with zero attached hydrogens (tertiary/aromatic N) is 2. The molecular weight excluding hydrogens is 420 g/mol. The zero-order valence-corrected chi connectivity index (χ0v) is 21.0. The first kappa shape index (κ1) is 24.5. The van der Waals surface area contributed by atoms with Gasteiger partial charge in [-0.25, -0.2) is 0 Å². The van der Waals surface area contributed by atoms with Crippen LogP contribution in [-0.2, 0) is 10.3 Å². The van der Waals surface area contributed by atoms with Crippen molar-refractivity contribution in [3.63, 3.8) is 0 Å². The normalized spacial score (nSPS) is 17.2. The molecule has 3 aromatic rings. The highest BCUT2D eigenvalue weighted by atomic mass is 16.1. The number of carbonyl (C=O) groups excluding carboxylic acids is 1. The van der Waals surface area contributed by atoms with Gasteiger partial charge in [0.1, 0.15) is 0 Å². The minimum absolute atomic E-state index is 0.129. The zero-order chi connectivity index (χ0) is 24.0. The number of amides is 1. The molecule has 1 aliphatic heterocycles. The summed E-state index contributed by atoms with van der Waals surface area (Å²) in [5, 5.41) is 4.41. The van der Waals surface area contributed by atoms with E-state index < -0.39 is 0 Å². The fraction of sp³-hybridized carbons (Fsp3) is 0.483. The van der Waals surface area contributed by atoms with Crippen LogP contribution in [0.3, 0.4) is 0 Å². The van der Waals surface area contributed by atoms with E-state index in [1.54, 1.807) is 0 Å². The minimum atomic E-state index is 0.129.